The maximum atomic E-state index is 5.87. The molecule has 0 saturated carbocycles. The van der Waals surface area contributed by atoms with Gasteiger partial charge in [0.15, 0.2) is 0 Å². The van der Waals surface area contributed by atoms with E-state index in [9.17, 15) is 0 Å². The first-order valence-electron chi connectivity index (χ1n) is 7.88. The summed E-state index contributed by atoms with van der Waals surface area (Å²) in [6, 6.07) is 11.7. The maximum Gasteiger partial charge on any atom is 0.0450 e. The van der Waals surface area contributed by atoms with E-state index in [0.717, 1.165) is 19.6 Å². The van der Waals surface area contributed by atoms with Crippen molar-refractivity contribution in [3.8, 4) is 0 Å². The van der Waals surface area contributed by atoms with Gasteiger partial charge < -0.3 is 5.32 Å². The second-order valence-electron chi connectivity index (χ2n) is 6.54. The zero-order valence-corrected chi connectivity index (χ0v) is 14.1. The van der Waals surface area contributed by atoms with Gasteiger partial charge in [0.1, 0.15) is 0 Å². The molecule has 1 fully saturated rings. The van der Waals surface area contributed by atoms with Crippen molar-refractivity contribution in [2.45, 2.75) is 39.3 Å². The number of piperazine rings is 1. The quantitative estimate of drug-likeness (QED) is 0.877. The summed E-state index contributed by atoms with van der Waals surface area (Å²) in [5.74, 6) is 0.716. The normalized spacial score (nSPS) is 24.5. The van der Waals surface area contributed by atoms with Crippen LogP contribution in [-0.2, 0) is 0 Å². The summed E-state index contributed by atoms with van der Waals surface area (Å²) in [5.41, 5.74) is 4.32. The molecule has 2 atom stereocenters. The average molecular weight is 307 g/mol. The number of halogens is 1. The number of rotatable bonds is 5. The van der Waals surface area contributed by atoms with Crippen molar-refractivity contribution < 1.29 is 0 Å². The highest BCUT2D eigenvalue weighted by Crippen LogP contribution is 2.23. The fraction of sp³-hybridized carbons (Fsp3) is 0.556. The van der Waals surface area contributed by atoms with E-state index in [4.69, 9.17) is 11.6 Å². The number of benzene rings is 1. The molecule has 3 heteroatoms. The first-order chi connectivity index (χ1) is 10.1. The summed E-state index contributed by atoms with van der Waals surface area (Å²) < 4.78 is 0. The Morgan fingerprint density at radius 2 is 2.10 bits per heavy atom. The fourth-order valence-electron chi connectivity index (χ4n) is 3.09. The first kappa shape index (κ1) is 16.5. The van der Waals surface area contributed by atoms with Gasteiger partial charge in [0, 0.05) is 37.3 Å². The number of nitrogens with one attached hydrogen (secondary N) is 1. The van der Waals surface area contributed by atoms with E-state index < -0.39 is 0 Å². The van der Waals surface area contributed by atoms with Crippen molar-refractivity contribution >= 4 is 11.6 Å². The van der Waals surface area contributed by atoms with Gasteiger partial charge in [0.25, 0.3) is 0 Å². The molecule has 1 aliphatic rings. The molecular formula is C18H27ClN2. The molecule has 2 rings (SSSR count). The van der Waals surface area contributed by atoms with Crippen LogP contribution in [0.15, 0.2) is 41.4 Å². The monoisotopic (exact) mass is 306 g/mol. The van der Waals surface area contributed by atoms with Crippen molar-refractivity contribution in [3.63, 3.8) is 0 Å². The third-order valence-corrected chi connectivity index (χ3v) is 4.49. The highest BCUT2D eigenvalue weighted by Gasteiger charge is 2.28. The smallest absolute Gasteiger partial charge is 0.0450 e. The Bertz CT molecular complexity index is 456. The van der Waals surface area contributed by atoms with Crippen LogP contribution in [0.4, 0.5) is 0 Å². The lowest BCUT2D eigenvalue weighted by Gasteiger charge is -2.41. The lowest BCUT2D eigenvalue weighted by Crippen LogP contribution is -2.53. The minimum Gasteiger partial charge on any atom is -0.307 e. The molecule has 0 bridgehead atoms. The summed E-state index contributed by atoms with van der Waals surface area (Å²) in [6.45, 7) is 9.76. The predicted octanol–water partition coefficient (Wildman–Crippen LogP) is 4.19. The molecule has 0 aliphatic carbocycles. The standard InChI is InChI=1S/C18H27ClN2/c1-14(2)9-17-11-20-18(16-7-5-4-6-8-16)13-21(17)12-15(3)10-19/h4-8,10,14,17-18,20H,9,11-13H2,1-3H3/b15-10+. The third kappa shape index (κ3) is 4.84. The Kier molecular flexibility index (Phi) is 6.28. The SMILES string of the molecule is C/C(=C\Cl)CN1CC(c2ccccc2)NCC1CC(C)C. The van der Waals surface area contributed by atoms with Gasteiger partial charge in [-0.15, -0.1) is 0 Å². The van der Waals surface area contributed by atoms with Gasteiger partial charge in [-0.05, 0) is 30.4 Å². The molecule has 21 heavy (non-hydrogen) atoms. The second kappa shape index (κ2) is 7.98. The highest BCUT2D eigenvalue weighted by atomic mass is 35.5. The Labute approximate surface area is 134 Å². The minimum absolute atomic E-state index is 0.415. The molecule has 1 aromatic carbocycles. The van der Waals surface area contributed by atoms with E-state index in [1.165, 1.54) is 17.6 Å². The topological polar surface area (TPSA) is 15.3 Å². The van der Waals surface area contributed by atoms with Gasteiger partial charge in [0.05, 0.1) is 0 Å². The first-order valence-corrected chi connectivity index (χ1v) is 8.32. The van der Waals surface area contributed by atoms with Crippen molar-refractivity contribution in [2.24, 2.45) is 5.92 Å². The van der Waals surface area contributed by atoms with Crippen LogP contribution in [0, 0.1) is 5.92 Å². The predicted molar refractivity (Wildman–Crippen MR) is 91.6 cm³/mol. The van der Waals surface area contributed by atoms with Crippen molar-refractivity contribution in [3.05, 3.63) is 47.0 Å². The molecule has 0 spiro atoms. The van der Waals surface area contributed by atoms with Gasteiger partial charge in [-0.25, -0.2) is 0 Å². The third-order valence-electron chi connectivity index (χ3n) is 4.12. The van der Waals surface area contributed by atoms with Crippen molar-refractivity contribution in [2.75, 3.05) is 19.6 Å². The molecule has 116 valence electrons. The van der Waals surface area contributed by atoms with E-state index in [1.807, 2.05) is 0 Å². The van der Waals surface area contributed by atoms with E-state index >= 15 is 0 Å². The molecule has 0 amide bonds. The average Bonchev–Trinajstić information content (AvgIpc) is 2.49. The van der Waals surface area contributed by atoms with E-state index in [2.05, 4.69) is 61.3 Å². The number of nitrogens with zero attached hydrogens (tertiary/aromatic N) is 1. The van der Waals surface area contributed by atoms with Gasteiger partial charge >= 0.3 is 0 Å². The summed E-state index contributed by atoms with van der Waals surface area (Å²) in [7, 11) is 0. The summed E-state index contributed by atoms with van der Waals surface area (Å²) in [6.07, 6.45) is 1.23. The van der Waals surface area contributed by atoms with Crippen LogP contribution in [0.1, 0.15) is 38.8 Å². The molecular weight excluding hydrogens is 280 g/mol. The molecule has 0 radical (unpaired) electrons. The lowest BCUT2D eigenvalue weighted by atomic mass is 9.96. The molecule has 1 N–H and O–H groups in total. The van der Waals surface area contributed by atoms with Gasteiger partial charge in [-0.3, -0.25) is 4.90 Å². The van der Waals surface area contributed by atoms with Crippen LogP contribution in [-0.4, -0.2) is 30.6 Å². The van der Waals surface area contributed by atoms with Gasteiger partial charge in [-0.2, -0.15) is 0 Å². The van der Waals surface area contributed by atoms with Crippen LogP contribution >= 0.6 is 11.6 Å². The minimum atomic E-state index is 0.415. The van der Waals surface area contributed by atoms with E-state index in [1.54, 1.807) is 5.54 Å². The van der Waals surface area contributed by atoms with Crippen LogP contribution in [0.3, 0.4) is 0 Å². The van der Waals surface area contributed by atoms with Gasteiger partial charge in [-0.1, -0.05) is 55.8 Å². The van der Waals surface area contributed by atoms with Crippen LogP contribution in [0.25, 0.3) is 0 Å². The largest absolute Gasteiger partial charge is 0.307 e. The molecule has 0 aromatic heterocycles. The van der Waals surface area contributed by atoms with Crippen molar-refractivity contribution in [1.29, 1.82) is 0 Å². The van der Waals surface area contributed by atoms with Gasteiger partial charge in [0.2, 0.25) is 0 Å². The highest BCUT2D eigenvalue weighted by molar-refractivity contribution is 6.25. The molecule has 1 saturated heterocycles. The summed E-state index contributed by atoms with van der Waals surface area (Å²) >= 11 is 5.87. The number of hydrogen-bond acceptors (Lipinski definition) is 2. The zero-order chi connectivity index (χ0) is 15.2. The Morgan fingerprint density at radius 1 is 1.38 bits per heavy atom. The summed E-state index contributed by atoms with van der Waals surface area (Å²) in [5, 5.41) is 3.72. The van der Waals surface area contributed by atoms with Crippen LogP contribution in [0.5, 0.6) is 0 Å². The molecule has 2 unspecified atom stereocenters. The number of hydrogen-bond donors (Lipinski definition) is 1. The zero-order valence-electron chi connectivity index (χ0n) is 13.3. The molecule has 1 aromatic rings. The molecule has 2 nitrogen and oxygen atoms in total. The maximum absolute atomic E-state index is 5.87. The Morgan fingerprint density at radius 3 is 2.71 bits per heavy atom. The fourth-order valence-corrected chi connectivity index (χ4v) is 3.16. The van der Waals surface area contributed by atoms with Crippen LogP contribution in [0.2, 0.25) is 0 Å². The molecule has 1 heterocycles. The Hall–Kier alpha value is -0.830. The van der Waals surface area contributed by atoms with E-state index in [-0.39, 0.29) is 0 Å². The lowest BCUT2D eigenvalue weighted by molar-refractivity contribution is 0.125. The van der Waals surface area contributed by atoms with Crippen molar-refractivity contribution in [1.82, 2.24) is 10.2 Å². The van der Waals surface area contributed by atoms with E-state index in [0.29, 0.717) is 18.0 Å². The molecule has 1 aliphatic heterocycles. The Balaban J connectivity index is 2.08. The summed E-state index contributed by atoms with van der Waals surface area (Å²) in [4.78, 5) is 2.59. The van der Waals surface area contributed by atoms with Crippen LogP contribution < -0.4 is 5.32 Å². The second-order valence-corrected chi connectivity index (χ2v) is 6.76.